The second kappa shape index (κ2) is 7.65. The van der Waals surface area contributed by atoms with Gasteiger partial charge in [0.1, 0.15) is 11.6 Å². The Bertz CT molecular complexity index is 424. The van der Waals surface area contributed by atoms with E-state index < -0.39 is 17.7 Å². The first-order valence-corrected chi connectivity index (χ1v) is 9.07. The number of nitrogens with zero attached hydrogens (tertiary/aromatic N) is 1. The van der Waals surface area contributed by atoms with E-state index in [0.29, 0.717) is 18.9 Å². The van der Waals surface area contributed by atoms with Gasteiger partial charge in [-0.15, -0.1) is 0 Å². The van der Waals surface area contributed by atoms with E-state index in [9.17, 15) is 9.59 Å². The van der Waals surface area contributed by atoms with Gasteiger partial charge in [-0.2, -0.15) is 0 Å². The van der Waals surface area contributed by atoms with E-state index in [1.54, 1.807) is 4.90 Å². The summed E-state index contributed by atoms with van der Waals surface area (Å²) in [5.41, 5.74) is 5.65. The molecule has 2 rings (SSSR count). The van der Waals surface area contributed by atoms with Crippen molar-refractivity contribution >= 4 is 11.9 Å². The number of carbonyl (C=O) groups is 2. The van der Waals surface area contributed by atoms with Crippen LogP contribution >= 0.6 is 0 Å². The quantitative estimate of drug-likeness (QED) is 0.807. The maximum atomic E-state index is 12.7. The Labute approximate surface area is 139 Å². The Hall–Kier alpha value is -1.10. The molecule has 1 aliphatic heterocycles. The molecule has 2 atom stereocenters. The van der Waals surface area contributed by atoms with Crippen molar-refractivity contribution in [2.24, 2.45) is 11.7 Å². The molecule has 23 heavy (non-hydrogen) atoms. The fourth-order valence-electron chi connectivity index (χ4n) is 3.74. The molecule has 1 saturated carbocycles. The Morgan fingerprint density at radius 1 is 1.13 bits per heavy atom. The van der Waals surface area contributed by atoms with Gasteiger partial charge in [0.2, 0.25) is 5.91 Å². The van der Waals surface area contributed by atoms with E-state index >= 15 is 0 Å². The van der Waals surface area contributed by atoms with E-state index in [1.807, 2.05) is 20.8 Å². The summed E-state index contributed by atoms with van der Waals surface area (Å²) in [6.45, 7) is 6.16. The molecule has 5 nitrogen and oxygen atoms in total. The number of esters is 1. The molecule has 0 aromatic rings. The van der Waals surface area contributed by atoms with Crippen LogP contribution in [0.1, 0.15) is 72.1 Å². The first-order chi connectivity index (χ1) is 10.8. The molecule has 0 spiro atoms. The fraction of sp³-hybridized carbons (Fsp3) is 0.889. The summed E-state index contributed by atoms with van der Waals surface area (Å²) < 4.78 is 5.46. The lowest BCUT2D eigenvalue weighted by Gasteiger charge is -2.30. The van der Waals surface area contributed by atoms with Crippen LogP contribution in [-0.4, -0.2) is 41.0 Å². The third-order valence-corrected chi connectivity index (χ3v) is 4.84. The van der Waals surface area contributed by atoms with Crippen molar-refractivity contribution < 1.29 is 14.3 Å². The number of rotatable bonds is 4. The predicted molar refractivity (Wildman–Crippen MR) is 89.7 cm³/mol. The maximum Gasteiger partial charge on any atom is 0.329 e. The zero-order valence-corrected chi connectivity index (χ0v) is 14.8. The molecule has 0 radical (unpaired) electrons. The Morgan fingerprint density at radius 3 is 2.39 bits per heavy atom. The highest BCUT2D eigenvalue weighted by atomic mass is 16.6. The maximum absolute atomic E-state index is 12.7. The molecule has 1 amide bonds. The van der Waals surface area contributed by atoms with Crippen LogP contribution in [0.25, 0.3) is 0 Å². The minimum atomic E-state index is -0.529. The lowest BCUT2D eigenvalue weighted by Crippen LogP contribution is -2.50. The monoisotopic (exact) mass is 324 g/mol. The zero-order valence-electron chi connectivity index (χ0n) is 14.8. The predicted octanol–water partition coefficient (Wildman–Crippen LogP) is 2.62. The van der Waals surface area contributed by atoms with Gasteiger partial charge < -0.3 is 15.4 Å². The number of likely N-dealkylation sites (tertiary alicyclic amines) is 1. The number of carbonyl (C=O) groups excluding carboxylic acids is 2. The van der Waals surface area contributed by atoms with Crippen molar-refractivity contribution in [2.45, 2.75) is 89.8 Å². The number of nitrogens with two attached hydrogens (primary N) is 1. The van der Waals surface area contributed by atoms with Crippen LogP contribution in [0.4, 0.5) is 0 Å². The van der Waals surface area contributed by atoms with Crippen molar-refractivity contribution in [2.75, 3.05) is 6.54 Å². The van der Waals surface area contributed by atoms with Gasteiger partial charge in [0.05, 0.1) is 6.04 Å². The van der Waals surface area contributed by atoms with Gasteiger partial charge in [-0.25, -0.2) is 4.79 Å². The summed E-state index contributed by atoms with van der Waals surface area (Å²) in [6.07, 6.45) is 8.41. The van der Waals surface area contributed by atoms with E-state index in [2.05, 4.69) is 0 Å². The molecular formula is C18H32N2O3. The molecule has 5 heteroatoms. The third-order valence-electron chi connectivity index (χ3n) is 4.84. The van der Waals surface area contributed by atoms with E-state index in [4.69, 9.17) is 10.5 Å². The van der Waals surface area contributed by atoms with Gasteiger partial charge in [0, 0.05) is 6.54 Å². The summed E-state index contributed by atoms with van der Waals surface area (Å²) in [7, 11) is 0. The highest BCUT2D eigenvalue weighted by Gasteiger charge is 2.38. The number of hydrogen-bond acceptors (Lipinski definition) is 4. The molecule has 0 aromatic carbocycles. The van der Waals surface area contributed by atoms with Gasteiger partial charge in [-0.3, -0.25) is 4.79 Å². The minimum Gasteiger partial charge on any atom is -0.458 e. The smallest absolute Gasteiger partial charge is 0.329 e. The Kier molecular flexibility index (Phi) is 6.06. The van der Waals surface area contributed by atoms with Crippen LogP contribution in [-0.2, 0) is 14.3 Å². The molecule has 2 aliphatic rings. The summed E-state index contributed by atoms with van der Waals surface area (Å²) in [6, 6.07) is -0.944. The van der Waals surface area contributed by atoms with Crippen LogP contribution in [0.15, 0.2) is 0 Å². The first-order valence-electron chi connectivity index (χ1n) is 9.07. The van der Waals surface area contributed by atoms with E-state index in [0.717, 1.165) is 12.8 Å². The van der Waals surface area contributed by atoms with Crippen LogP contribution < -0.4 is 5.73 Å². The molecular weight excluding hydrogens is 292 g/mol. The van der Waals surface area contributed by atoms with Crippen LogP contribution in [0.2, 0.25) is 0 Å². The molecule has 2 N–H and O–H groups in total. The van der Waals surface area contributed by atoms with Crippen LogP contribution in [0.3, 0.4) is 0 Å². The second-order valence-corrected chi connectivity index (χ2v) is 8.07. The van der Waals surface area contributed by atoms with Crippen molar-refractivity contribution in [3.63, 3.8) is 0 Å². The second-order valence-electron chi connectivity index (χ2n) is 8.07. The van der Waals surface area contributed by atoms with E-state index in [1.165, 1.54) is 32.1 Å². The zero-order chi connectivity index (χ0) is 17.0. The van der Waals surface area contributed by atoms with Gasteiger partial charge in [0.15, 0.2) is 0 Å². The minimum absolute atomic E-state index is 0.0797. The van der Waals surface area contributed by atoms with Crippen molar-refractivity contribution in [1.82, 2.24) is 4.90 Å². The fourth-order valence-corrected chi connectivity index (χ4v) is 3.74. The molecule has 1 heterocycles. The van der Waals surface area contributed by atoms with Gasteiger partial charge in [-0.05, 0) is 46.0 Å². The highest BCUT2D eigenvalue weighted by Crippen LogP contribution is 2.28. The highest BCUT2D eigenvalue weighted by molar-refractivity contribution is 5.88. The standard InChI is InChI=1S/C18H32N2O3/c1-18(2,3)23-17(22)15-10-7-11-20(15)16(21)14(19)12-13-8-5-4-6-9-13/h13-15H,4-12,19H2,1-3H3/t14-,15+/m1/s1. The van der Waals surface area contributed by atoms with Gasteiger partial charge >= 0.3 is 5.97 Å². The van der Waals surface area contributed by atoms with Crippen molar-refractivity contribution in [3.8, 4) is 0 Å². The number of hydrogen-bond donors (Lipinski definition) is 1. The van der Waals surface area contributed by atoms with Crippen molar-refractivity contribution in [3.05, 3.63) is 0 Å². The SMILES string of the molecule is CC(C)(C)OC(=O)[C@@H]1CCCN1C(=O)[C@H](N)CC1CCCCC1. The summed E-state index contributed by atoms with van der Waals surface area (Å²) in [5.74, 6) is 0.183. The lowest BCUT2D eigenvalue weighted by molar-refractivity contribution is -0.163. The Morgan fingerprint density at radius 2 is 1.78 bits per heavy atom. The first kappa shape index (κ1) is 18.2. The van der Waals surface area contributed by atoms with E-state index in [-0.39, 0.29) is 11.9 Å². The topological polar surface area (TPSA) is 72.6 Å². The summed E-state index contributed by atoms with van der Waals surface area (Å²) >= 11 is 0. The summed E-state index contributed by atoms with van der Waals surface area (Å²) in [5, 5.41) is 0. The van der Waals surface area contributed by atoms with Gasteiger partial charge in [0.25, 0.3) is 0 Å². The normalized spacial score (nSPS) is 24.5. The molecule has 0 bridgehead atoms. The average Bonchev–Trinajstić information content (AvgIpc) is 2.95. The number of ether oxygens (including phenoxy) is 1. The molecule has 0 unspecified atom stereocenters. The molecule has 1 saturated heterocycles. The molecule has 2 fully saturated rings. The van der Waals surface area contributed by atoms with Crippen LogP contribution in [0.5, 0.6) is 0 Å². The molecule has 0 aromatic heterocycles. The van der Waals surface area contributed by atoms with Gasteiger partial charge in [-0.1, -0.05) is 32.1 Å². The average molecular weight is 324 g/mol. The number of amides is 1. The third kappa shape index (κ3) is 5.20. The molecule has 1 aliphatic carbocycles. The largest absolute Gasteiger partial charge is 0.458 e. The van der Waals surface area contributed by atoms with Crippen LogP contribution in [0, 0.1) is 5.92 Å². The Balaban J connectivity index is 1.92. The lowest BCUT2D eigenvalue weighted by atomic mass is 9.84. The molecule has 132 valence electrons. The summed E-state index contributed by atoms with van der Waals surface area (Å²) in [4.78, 5) is 26.7. The van der Waals surface area contributed by atoms with Crippen molar-refractivity contribution in [1.29, 1.82) is 0 Å².